The highest BCUT2D eigenvalue weighted by Crippen LogP contribution is 2.23. The van der Waals surface area contributed by atoms with E-state index in [-0.39, 0.29) is 11.3 Å². The average molecular weight is 251 g/mol. The molecule has 0 saturated heterocycles. The van der Waals surface area contributed by atoms with Gasteiger partial charge in [-0.1, -0.05) is 15.9 Å². The molecular formula is C9H9BrO3. The van der Waals surface area contributed by atoms with Crippen molar-refractivity contribution in [2.45, 2.75) is 0 Å². The molecule has 0 heterocycles. The van der Waals surface area contributed by atoms with Gasteiger partial charge >= 0.3 is 5.97 Å². The summed E-state index contributed by atoms with van der Waals surface area (Å²) >= 11 is 3.09. The van der Waals surface area contributed by atoms with Crippen LogP contribution in [-0.4, -0.2) is 20.0 Å². The van der Waals surface area contributed by atoms with Crippen molar-refractivity contribution in [2.75, 3.05) is 14.1 Å². The Morgan fingerprint density at radius 3 is 3.08 bits per heavy atom. The van der Waals surface area contributed by atoms with Gasteiger partial charge in [0.05, 0.1) is 22.3 Å². The van der Waals surface area contributed by atoms with E-state index in [0.717, 1.165) is 0 Å². The van der Waals surface area contributed by atoms with E-state index in [1.54, 1.807) is 0 Å². The Hall–Kier alpha value is -1.03. The normalized spacial score (nSPS) is 18.2. The summed E-state index contributed by atoms with van der Waals surface area (Å²) in [5.41, 5.74) is -0.282. The molecule has 0 radical (unpaired) electrons. The first kappa shape index (κ1) is 4.46. The minimum absolute atomic E-state index is 0.282. The zero-order valence-corrected chi connectivity index (χ0v) is 7.92. The molecule has 0 aliphatic rings. The van der Waals surface area contributed by atoms with Crippen LogP contribution in [0.5, 0.6) is 5.75 Å². The molecule has 3 nitrogen and oxygen atoms in total. The number of benzene rings is 1. The van der Waals surface area contributed by atoms with Gasteiger partial charge in [-0.3, -0.25) is 0 Å². The fourth-order valence-electron chi connectivity index (χ4n) is 0.804. The Kier molecular flexibility index (Phi) is 1.47. The Bertz CT molecular complexity index is 482. The molecule has 1 aromatic rings. The second-order valence-electron chi connectivity index (χ2n) is 2.13. The summed E-state index contributed by atoms with van der Waals surface area (Å²) in [7, 11) is -5.68. The van der Waals surface area contributed by atoms with Gasteiger partial charge in [-0.2, -0.15) is 0 Å². The Morgan fingerprint density at radius 2 is 2.38 bits per heavy atom. The first-order valence-corrected chi connectivity index (χ1v) is 3.99. The van der Waals surface area contributed by atoms with Gasteiger partial charge in [0.15, 0.2) is 0 Å². The van der Waals surface area contributed by atoms with Crippen molar-refractivity contribution in [3.05, 3.63) is 28.2 Å². The van der Waals surface area contributed by atoms with E-state index in [9.17, 15) is 4.79 Å². The van der Waals surface area contributed by atoms with Crippen LogP contribution in [-0.2, 0) is 4.74 Å². The van der Waals surface area contributed by atoms with Crippen LogP contribution < -0.4 is 4.74 Å². The maximum atomic E-state index is 11.6. The molecule has 0 saturated carbocycles. The van der Waals surface area contributed by atoms with Crippen molar-refractivity contribution in [2.24, 2.45) is 0 Å². The predicted octanol–water partition coefficient (Wildman–Crippen LogP) is 2.24. The lowest BCUT2D eigenvalue weighted by molar-refractivity contribution is 0.0597. The standard InChI is InChI=1S/C9H9BrO3/c1-12-8-5-6(10)3-4-7(8)9(11)13-2/h3-5H,1-2H3/i1D3,2D3. The van der Waals surface area contributed by atoms with Crippen LogP contribution in [0, 0.1) is 0 Å². The Labute approximate surface area is 93.2 Å². The van der Waals surface area contributed by atoms with Gasteiger partial charge in [0.1, 0.15) is 11.3 Å². The lowest BCUT2D eigenvalue weighted by atomic mass is 10.2. The maximum absolute atomic E-state index is 11.6. The molecule has 0 spiro atoms. The van der Waals surface area contributed by atoms with E-state index in [1.165, 1.54) is 18.2 Å². The molecule has 0 unspecified atom stereocenters. The number of hydrogen-bond acceptors (Lipinski definition) is 3. The highest BCUT2D eigenvalue weighted by Gasteiger charge is 2.11. The lowest BCUT2D eigenvalue weighted by Crippen LogP contribution is -2.03. The van der Waals surface area contributed by atoms with E-state index in [4.69, 9.17) is 8.22 Å². The number of halogens is 1. The summed E-state index contributed by atoms with van der Waals surface area (Å²) in [5, 5.41) is 0. The van der Waals surface area contributed by atoms with Crippen molar-refractivity contribution < 1.29 is 22.5 Å². The van der Waals surface area contributed by atoms with Crippen molar-refractivity contribution in [1.82, 2.24) is 0 Å². The number of carbonyl (C=O) groups excluding carboxylic acids is 1. The van der Waals surface area contributed by atoms with Crippen LogP contribution in [0.4, 0.5) is 0 Å². The molecule has 0 N–H and O–H groups in total. The molecular weight excluding hydrogens is 236 g/mol. The molecule has 0 aliphatic carbocycles. The second kappa shape index (κ2) is 4.28. The Balaban J connectivity index is 3.10. The third-order valence-corrected chi connectivity index (χ3v) is 1.86. The lowest BCUT2D eigenvalue weighted by Gasteiger charge is -2.06. The van der Waals surface area contributed by atoms with Gasteiger partial charge in [0.2, 0.25) is 0 Å². The highest BCUT2D eigenvalue weighted by molar-refractivity contribution is 9.10. The third-order valence-electron chi connectivity index (χ3n) is 1.37. The van der Waals surface area contributed by atoms with E-state index in [2.05, 4.69) is 25.4 Å². The van der Waals surface area contributed by atoms with Gasteiger partial charge in [-0.05, 0) is 18.2 Å². The molecule has 0 amide bonds. The first-order chi connectivity index (χ1) is 8.48. The topological polar surface area (TPSA) is 35.5 Å². The largest absolute Gasteiger partial charge is 0.496 e. The van der Waals surface area contributed by atoms with E-state index < -0.39 is 20.0 Å². The number of ether oxygens (including phenoxy) is 2. The van der Waals surface area contributed by atoms with Crippen molar-refractivity contribution in [3.8, 4) is 5.75 Å². The SMILES string of the molecule is [2H]C([2H])([2H])OC(=O)c1ccc(Br)cc1OC([2H])([2H])[2H]. The third kappa shape index (κ3) is 2.21. The van der Waals surface area contributed by atoms with Gasteiger partial charge in [0, 0.05) is 4.47 Å². The molecule has 70 valence electrons. The summed E-state index contributed by atoms with van der Waals surface area (Å²) in [6.45, 7) is 0. The van der Waals surface area contributed by atoms with Gasteiger partial charge in [-0.25, -0.2) is 4.79 Å². The average Bonchev–Trinajstić information content (AvgIpc) is 2.11. The minimum Gasteiger partial charge on any atom is -0.496 e. The molecule has 4 heteroatoms. The summed E-state index contributed by atoms with van der Waals surface area (Å²) < 4.78 is 50.8. The molecule has 1 rings (SSSR count). The van der Waals surface area contributed by atoms with Crippen molar-refractivity contribution in [3.63, 3.8) is 0 Å². The maximum Gasteiger partial charge on any atom is 0.341 e. The van der Waals surface area contributed by atoms with E-state index in [0.29, 0.717) is 4.47 Å². The van der Waals surface area contributed by atoms with Gasteiger partial charge in [0.25, 0.3) is 0 Å². The molecule has 13 heavy (non-hydrogen) atoms. The Morgan fingerprint density at radius 1 is 1.54 bits per heavy atom. The number of esters is 1. The highest BCUT2D eigenvalue weighted by atomic mass is 79.9. The fraction of sp³-hybridized carbons (Fsp3) is 0.222. The second-order valence-corrected chi connectivity index (χ2v) is 3.05. The van der Waals surface area contributed by atoms with Crippen LogP contribution in [0.15, 0.2) is 22.7 Å². The zero-order valence-electron chi connectivity index (χ0n) is 12.3. The predicted molar refractivity (Wildman–Crippen MR) is 52.0 cm³/mol. The van der Waals surface area contributed by atoms with Gasteiger partial charge < -0.3 is 9.47 Å². The zero-order chi connectivity index (χ0) is 14.8. The van der Waals surface area contributed by atoms with Crippen LogP contribution in [0.25, 0.3) is 0 Å². The number of methoxy groups -OCH3 is 2. The molecule has 0 aliphatic heterocycles. The summed E-state index contributed by atoms with van der Waals surface area (Å²) in [4.78, 5) is 11.6. The number of rotatable bonds is 2. The van der Waals surface area contributed by atoms with Crippen molar-refractivity contribution in [1.29, 1.82) is 0 Å². The number of carbonyl (C=O) groups is 1. The monoisotopic (exact) mass is 250 g/mol. The minimum atomic E-state index is -2.92. The smallest absolute Gasteiger partial charge is 0.341 e. The van der Waals surface area contributed by atoms with E-state index >= 15 is 0 Å². The summed E-state index contributed by atoms with van der Waals surface area (Å²) in [5.74, 6) is -1.48. The van der Waals surface area contributed by atoms with Crippen LogP contribution >= 0.6 is 15.9 Å². The first-order valence-electron chi connectivity index (χ1n) is 6.20. The van der Waals surface area contributed by atoms with Crippen LogP contribution in [0.3, 0.4) is 0 Å². The molecule has 1 aromatic carbocycles. The molecule has 0 fully saturated rings. The fourth-order valence-corrected chi connectivity index (χ4v) is 1.14. The molecule has 0 aromatic heterocycles. The van der Waals surface area contributed by atoms with Crippen molar-refractivity contribution >= 4 is 21.9 Å². The summed E-state index contributed by atoms with van der Waals surface area (Å²) in [6, 6.07) is 3.88. The summed E-state index contributed by atoms with van der Waals surface area (Å²) in [6.07, 6.45) is 0. The van der Waals surface area contributed by atoms with Gasteiger partial charge in [-0.15, -0.1) is 0 Å². The quantitative estimate of drug-likeness (QED) is 0.756. The van der Waals surface area contributed by atoms with Crippen LogP contribution in [0.2, 0.25) is 0 Å². The van der Waals surface area contributed by atoms with Crippen LogP contribution in [0.1, 0.15) is 18.6 Å². The number of hydrogen-bond donors (Lipinski definition) is 0. The molecule has 0 atom stereocenters. The van der Waals surface area contributed by atoms with E-state index in [1.807, 2.05) is 0 Å². The molecule has 0 bridgehead atoms.